The van der Waals surface area contributed by atoms with Gasteiger partial charge in [-0.15, -0.1) is 0 Å². The molecule has 0 fully saturated rings. The molecule has 0 heterocycles. The Kier molecular flexibility index (Phi) is 4.95. The minimum atomic E-state index is -0.630. The summed E-state index contributed by atoms with van der Waals surface area (Å²) in [4.78, 5) is 22.4. The molecule has 0 radical (unpaired) electrons. The number of anilines is 1. The molecule has 1 N–H and O–H groups in total. The van der Waals surface area contributed by atoms with E-state index >= 15 is 0 Å². The number of hydrogen-bond acceptors (Lipinski definition) is 4. The van der Waals surface area contributed by atoms with E-state index in [0.717, 1.165) is 6.07 Å². The van der Waals surface area contributed by atoms with Crippen molar-refractivity contribution in [2.45, 2.75) is 6.92 Å². The van der Waals surface area contributed by atoms with Crippen molar-refractivity contribution in [2.24, 2.45) is 0 Å². The lowest BCUT2D eigenvalue weighted by atomic mass is 10.2. The maximum atomic E-state index is 12.2. The van der Waals surface area contributed by atoms with Crippen molar-refractivity contribution in [2.75, 3.05) is 11.9 Å². The number of nitrogens with zero attached hydrogens (tertiary/aromatic N) is 1. The van der Waals surface area contributed by atoms with Crippen LogP contribution in [0.4, 0.5) is 11.4 Å². The van der Waals surface area contributed by atoms with Crippen LogP contribution in [0.15, 0.2) is 42.5 Å². The predicted molar refractivity (Wildman–Crippen MR) is 83.7 cm³/mol. The molecule has 22 heavy (non-hydrogen) atoms. The Morgan fingerprint density at radius 2 is 2.09 bits per heavy atom. The largest absolute Gasteiger partial charge is 0.494 e. The zero-order valence-electron chi connectivity index (χ0n) is 11.7. The summed E-state index contributed by atoms with van der Waals surface area (Å²) in [5.74, 6) is 0.163. The molecule has 0 bridgehead atoms. The number of ether oxygens (including phenoxy) is 1. The van der Waals surface area contributed by atoms with Gasteiger partial charge in [0.25, 0.3) is 11.6 Å². The molecule has 0 atom stereocenters. The quantitative estimate of drug-likeness (QED) is 0.669. The minimum absolute atomic E-state index is 0.0140. The first kappa shape index (κ1) is 15.8. The maximum Gasteiger partial charge on any atom is 0.288 e. The van der Waals surface area contributed by atoms with Gasteiger partial charge in [0.05, 0.1) is 11.5 Å². The Morgan fingerprint density at radius 3 is 2.77 bits per heavy atom. The number of nitro benzene ring substituents is 1. The smallest absolute Gasteiger partial charge is 0.288 e. The number of nitrogens with one attached hydrogen (secondary N) is 1. The van der Waals surface area contributed by atoms with E-state index in [1.807, 2.05) is 6.92 Å². The van der Waals surface area contributed by atoms with E-state index in [0.29, 0.717) is 18.0 Å². The molecule has 2 rings (SSSR count). The third kappa shape index (κ3) is 3.73. The van der Waals surface area contributed by atoms with E-state index in [1.54, 1.807) is 24.3 Å². The zero-order chi connectivity index (χ0) is 16.1. The molecule has 6 nitrogen and oxygen atoms in total. The fraction of sp³-hybridized carbons (Fsp3) is 0.133. The Bertz CT molecular complexity index is 718. The number of benzene rings is 2. The summed E-state index contributed by atoms with van der Waals surface area (Å²) >= 11 is 5.72. The molecular weight excluding hydrogens is 308 g/mol. The molecule has 2 aromatic carbocycles. The average Bonchev–Trinajstić information content (AvgIpc) is 2.48. The molecule has 0 spiro atoms. The van der Waals surface area contributed by atoms with Crippen LogP contribution in [0, 0.1) is 10.1 Å². The number of nitro groups is 1. The number of hydrogen-bond donors (Lipinski definition) is 1. The van der Waals surface area contributed by atoms with Gasteiger partial charge in [-0.2, -0.15) is 0 Å². The third-order valence-electron chi connectivity index (χ3n) is 2.81. The standard InChI is InChI=1S/C15H13ClN2O4/c1-2-22-12-5-3-4-11(9-12)17-15(19)10-6-7-13(16)14(8-10)18(20)21/h3-9H,2H2,1H3,(H,17,19). The van der Waals surface area contributed by atoms with Gasteiger partial charge in [-0.3, -0.25) is 14.9 Å². The van der Waals surface area contributed by atoms with Gasteiger partial charge in [0.15, 0.2) is 0 Å². The number of carbonyl (C=O) groups excluding carboxylic acids is 1. The molecule has 0 unspecified atom stereocenters. The fourth-order valence-corrected chi connectivity index (χ4v) is 2.01. The molecule has 2 aromatic rings. The highest BCUT2D eigenvalue weighted by molar-refractivity contribution is 6.32. The van der Waals surface area contributed by atoms with Crippen molar-refractivity contribution in [1.82, 2.24) is 0 Å². The summed E-state index contributed by atoms with van der Waals surface area (Å²) in [6.45, 7) is 2.37. The Hall–Kier alpha value is -2.60. The normalized spacial score (nSPS) is 10.1. The summed E-state index contributed by atoms with van der Waals surface area (Å²) in [6.07, 6.45) is 0. The van der Waals surface area contributed by atoms with E-state index in [9.17, 15) is 14.9 Å². The highest BCUT2D eigenvalue weighted by atomic mass is 35.5. The van der Waals surface area contributed by atoms with E-state index in [4.69, 9.17) is 16.3 Å². The fourth-order valence-electron chi connectivity index (χ4n) is 1.83. The second kappa shape index (κ2) is 6.91. The predicted octanol–water partition coefficient (Wildman–Crippen LogP) is 3.90. The van der Waals surface area contributed by atoms with Crippen molar-refractivity contribution < 1.29 is 14.5 Å². The van der Waals surface area contributed by atoms with Gasteiger partial charge in [-0.1, -0.05) is 17.7 Å². The minimum Gasteiger partial charge on any atom is -0.494 e. The monoisotopic (exact) mass is 320 g/mol. The van der Waals surface area contributed by atoms with Gasteiger partial charge in [0, 0.05) is 23.4 Å². The second-order valence-electron chi connectivity index (χ2n) is 4.34. The van der Waals surface area contributed by atoms with Crippen LogP contribution in [0.2, 0.25) is 5.02 Å². The SMILES string of the molecule is CCOc1cccc(NC(=O)c2ccc(Cl)c([N+](=O)[O-])c2)c1. The lowest BCUT2D eigenvalue weighted by molar-refractivity contribution is -0.384. The number of amides is 1. The van der Waals surface area contributed by atoms with Gasteiger partial charge < -0.3 is 10.1 Å². The first-order valence-corrected chi connectivity index (χ1v) is 6.87. The highest BCUT2D eigenvalue weighted by Gasteiger charge is 2.16. The van der Waals surface area contributed by atoms with Gasteiger partial charge in [0.2, 0.25) is 0 Å². The van der Waals surface area contributed by atoms with Gasteiger partial charge in [0.1, 0.15) is 10.8 Å². The zero-order valence-corrected chi connectivity index (χ0v) is 12.5. The van der Waals surface area contributed by atoms with Gasteiger partial charge in [-0.25, -0.2) is 0 Å². The van der Waals surface area contributed by atoms with Crippen molar-refractivity contribution in [3.63, 3.8) is 0 Å². The van der Waals surface area contributed by atoms with Crippen LogP contribution >= 0.6 is 11.6 Å². The Morgan fingerprint density at radius 1 is 1.32 bits per heavy atom. The van der Waals surface area contributed by atoms with Gasteiger partial charge in [-0.05, 0) is 31.2 Å². The van der Waals surface area contributed by atoms with Crippen LogP contribution in [-0.4, -0.2) is 17.4 Å². The Balaban J connectivity index is 2.20. The first-order valence-electron chi connectivity index (χ1n) is 6.49. The van der Waals surface area contributed by atoms with Gasteiger partial charge >= 0.3 is 0 Å². The molecule has 0 aliphatic carbocycles. The molecule has 0 aromatic heterocycles. The molecule has 0 saturated carbocycles. The molecule has 0 aliphatic heterocycles. The first-order chi connectivity index (χ1) is 10.5. The lowest BCUT2D eigenvalue weighted by Crippen LogP contribution is -2.12. The number of rotatable bonds is 5. The van der Waals surface area contributed by atoms with Crippen molar-refractivity contribution in [1.29, 1.82) is 0 Å². The number of carbonyl (C=O) groups is 1. The van der Waals surface area contributed by atoms with Crippen LogP contribution < -0.4 is 10.1 Å². The summed E-state index contributed by atoms with van der Waals surface area (Å²) < 4.78 is 5.34. The van der Waals surface area contributed by atoms with Crippen molar-refractivity contribution in [3.8, 4) is 5.75 Å². The summed E-state index contributed by atoms with van der Waals surface area (Å²) in [5, 5.41) is 13.5. The summed E-state index contributed by atoms with van der Waals surface area (Å²) in [6, 6.07) is 10.8. The van der Waals surface area contributed by atoms with Crippen LogP contribution in [0.3, 0.4) is 0 Å². The van der Waals surface area contributed by atoms with E-state index in [-0.39, 0.29) is 16.3 Å². The molecule has 114 valence electrons. The van der Waals surface area contributed by atoms with Crippen molar-refractivity contribution >= 4 is 28.9 Å². The molecular formula is C15H13ClN2O4. The van der Waals surface area contributed by atoms with Crippen LogP contribution in [-0.2, 0) is 0 Å². The number of halogens is 1. The second-order valence-corrected chi connectivity index (χ2v) is 4.75. The third-order valence-corrected chi connectivity index (χ3v) is 3.13. The van der Waals surface area contributed by atoms with Crippen LogP contribution in [0.5, 0.6) is 5.75 Å². The topological polar surface area (TPSA) is 81.5 Å². The maximum absolute atomic E-state index is 12.2. The average molecular weight is 321 g/mol. The lowest BCUT2D eigenvalue weighted by Gasteiger charge is -2.08. The van der Waals surface area contributed by atoms with Crippen molar-refractivity contribution in [3.05, 3.63) is 63.2 Å². The molecule has 0 saturated heterocycles. The molecule has 1 amide bonds. The van der Waals surface area contributed by atoms with Crippen LogP contribution in [0.25, 0.3) is 0 Å². The Labute approximate surface area is 131 Å². The van der Waals surface area contributed by atoms with E-state index < -0.39 is 10.8 Å². The van der Waals surface area contributed by atoms with Crippen LogP contribution in [0.1, 0.15) is 17.3 Å². The van der Waals surface area contributed by atoms with E-state index in [2.05, 4.69) is 5.32 Å². The molecule has 0 aliphatic rings. The van der Waals surface area contributed by atoms with E-state index in [1.165, 1.54) is 12.1 Å². The summed E-state index contributed by atoms with van der Waals surface area (Å²) in [7, 11) is 0. The summed E-state index contributed by atoms with van der Waals surface area (Å²) in [5.41, 5.74) is 0.379. The molecule has 7 heteroatoms. The highest BCUT2D eigenvalue weighted by Crippen LogP contribution is 2.26.